The van der Waals surface area contributed by atoms with E-state index in [1.165, 1.54) is 0 Å². The van der Waals surface area contributed by atoms with Gasteiger partial charge in [0.15, 0.2) is 0 Å². The van der Waals surface area contributed by atoms with Crippen LogP contribution in [0.5, 0.6) is 0 Å². The number of hydrogen-bond acceptors (Lipinski definition) is 3. The summed E-state index contributed by atoms with van der Waals surface area (Å²) in [5.41, 5.74) is 7.32. The largest absolute Gasteiger partial charge is 0.374 e. The second-order valence-electron chi connectivity index (χ2n) is 7.54. The number of nitrogens with two attached hydrogens (primary N) is 1. The predicted octanol–water partition coefficient (Wildman–Crippen LogP) is 1.73. The number of nitrogens with zero attached hydrogens (tertiary/aromatic N) is 1. The van der Waals surface area contributed by atoms with E-state index in [9.17, 15) is 9.59 Å². The summed E-state index contributed by atoms with van der Waals surface area (Å²) in [5.74, 6) is 1.06. The fraction of sp³-hybridized carbons (Fsp3) is 0.579. The van der Waals surface area contributed by atoms with E-state index in [2.05, 4.69) is 5.32 Å². The third-order valence-corrected chi connectivity index (χ3v) is 6.06. The number of amides is 3. The maximum Gasteiger partial charge on any atom is 0.312 e. The van der Waals surface area contributed by atoms with Crippen molar-refractivity contribution in [3.05, 3.63) is 35.4 Å². The molecule has 25 heavy (non-hydrogen) atoms. The lowest BCUT2D eigenvalue weighted by Gasteiger charge is -2.24. The molecule has 3 heterocycles. The molecule has 6 nitrogen and oxygen atoms in total. The van der Waals surface area contributed by atoms with Gasteiger partial charge in [0.05, 0.1) is 24.7 Å². The molecule has 5 atom stereocenters. The highest BCUT2D eigenvalue weighted by molar-refractivity contribution is 5.79. The molecule has 6 heteroatoms. The molecular formula is C19H25N3O3. The fourth-order valence-corrected chi connectivity index (χ4v) is 4.86. The SMILES string of the molecule is Cc1ccccc1[C@@H](CC(=O)N1C[C@@H]2[C@H](C1)[C@H]1CC[C@H]2O1)NC(N)=O. The summed E-state index contributed by atoms with van der Waals surface area (Å²) >= 11 is 0. The van der Waals surface area contributed by atoms with Crippen LogP contribution in [0.2, 0.25) is 0 Å². The number of nitrogens with one attached hydrogen (secondary N) is 1. The number of carbonyl (C=O) groups excluding carboxylic acids is 2. The molecule has 3 aliphatic rings. The number of aryl methyl sites for hydroxylation is 1. The minimum absolute atomic E-state index is 0.0794. The first kappa shape index (κ1) is 16.4. The summed E-state index contributed by atoms with van der Waals surface area (Å²) in [7, 11) is 0. The van der Waals surface area contributed by atoms with Crippen LogP contribution in [0.4, 0.5) is 4.79 Å². The van der Waals surface area contributed by atoms with Gasteiger partial charge >= 0.3 is 6.03 Å². The molecule has 3 N–H and O–H groups in total. The zero-order valence-corrected chi connectivity index (χ0v) is 14.5. The zero-order chi connectivity index (χ0) is 17.6. The van der Waals surface area contributed by atoms with Crippen LogP contribution in [0.15, 0.2) is 24.3 Å². The molecule has 3 saturated heterocycles. The summed E-state index contributed by atoms with van der Waals surface area (Å²) in [6.07, 6.45) is 3.17. The molecule has 2 bridgehead atoms. The number of benzene rings is 1. The molecule has 1 aromatic carbocycles. The Morgan fingerprint density at radius 2 is 1.88 bits per heavy atom. The van der Waals surface area contributed by atoms with Crippen molar-refractivity contribution >= 4 is 11.9 Å². The Balaban J connectivity index is 1.46. The van der Waals surface area contributed by atoms with Crippen molar-refractivity contribution in [1.29, 1.82) is 0 Å². The topological polar surface area (TPSA) is 84.7 Å². The van der Waals surface area contributed by atoms with Crippen LogP contribution >= 0.6 is 0 Å². The molecule has 3 fully saturated rings. The lowest BCUT2D eigenvalue weighted by atomic mass is 9.82. The van der Waals surface area contributed by atoms with E-state index in [-0.39, 0.29) is 18.4 Å². The maximum atomic E-state index is 12.9. The van der Waals surface area contributed by atoms with Gasteiger partial charge < -0.3 is 20.7 Å². The molecule has 3 aliphatic heterocycles. The lowest BCUT2D eigenvalue weighted by molar-refractivity contribution is -0.131. The number of ether oxygens (including phenoxy) is 1. The highest BCUT2D eigenvalue weighted by atomic mass is 16.5. The number of urea groups is 1. The summed E-state index contributed by atoms with van der Waals surface area (Å²) in [5, 5.41) is 2.74. The summed E-state index contributed by atoms with van der Waals surface area (Å²) in [4.78, 5) is 26.3. The number of rotatable bonds is 4. The summed E-state index contributed by atoms with van der Waals surface area (Å²) < 4.78 is 5.97. The van der Waals surface area contributed by atoms with Crippen LogP contribution < -0.4 is 11.1 Å². The fourth-order valence-electron chi connectivity index (χ4n) is 4.86. The molecule has 0 aromatic heterocycles. The van der Waals surface area contributed by atoms with Crippen LogP contribution in [-0.2, 0) is 9.53 Å². The molecule has 1 aromatic rings. The highest BCUT2D eigenvalue weighted by Crippen LogP contribution is 2.47. The quantitative estimate of drug-likeness (QED) is 0.873. The van der Waals surface area contributed by atoms with Crippen LogP contribution in [0.3, 0.4) is 0 Å². The van der Waals surface area contributed by atoms with Gasteiger partial charge in [-0.25, -0.2) is 4.79 Å². The van der Waals surface area contributed by atoms with Crippen molar-refractivity contribution in [2.24, 2.45) is 17.6 Å². The molecule has 3 amide bonds. The molecule has 0 unspecified atom stereocenters. The Hall–Kier alpha value is -2.08. The maximum absolute atomic E-state index is 12.9. The van der Waals surface area contributed by atoms with Crippen LogP contribution in [0.1, 0.15) is 36.4 Å². The van der Waals surface area contributed by atoms with E-state index in [1.807, 2.05) is 36.1 Å². The van der Waals surface area contributed by atoms with Gasteiger partial charge in [0, 0.05) is 24.9 Å². The number of fused-ring (bicyclic) bond motifs is 5. The van der Waals surface area contributed by atoms with Crippen molar-refractivity contribution < 1.29 is 14.3 Å². The Morgan fingerprint density at radius 1 is 1.24 bits per heavy atom. The van der Waals surface area contributed by atoms with Gasteiger partial charge in [-0.1, -0.05) is 24.3 Å². The standard InChI is InChI=1S/C19H25N3O3/c1-11-4-2-3-5-12(11)15(21-19(20)24)8-18(23)22-9-13-14(10-22)17-7-6-16(13)25-17/h2-5,13-17H,6-10H2,1H3,(H3,20,21,24)/t13-,14+,15-,16-,17-/m1/s1. The molecule has 0 saturated carbocycles. The smallest absolute Gasteiger partial charge is 0.312 e. The zero-order valence-electron chi connectivity index (χ0n) is 14.5. The summed E-state index contributed by atoms with van der Waals surface area (Å²) in [6.45, 7) is 3.54. The van der Waals surface area contributed by atoms with Crippen molar-refractivity contribution in [2.75, 3.05) is 13.1 Å². The number of hydrogen-bond donors (Lipinski definition) is 2. The summed E-state index contributed by atoms with van der Waals surface area (Å²) in [6, 6.07) is 6.78. The van der Waals surface area contributed by atoms with Gasteiger partial charge in [-0.05, 0) is 30.9 Å². The van der Waals surface area contributed by atoms with Gasteiger partial charge in [-0.2, -0.15) is 0 Å². The van der Waals surface area contributed by atoms with Crippen molar-refractivity contribution in [1.82, 2.24) is 10.2 Å². The van der Waals surface area contributed by atoms with E-state index in [1.54, 1.807) is 0 Å². The number of likely N-dealkylation sites (tertiary alicyclic amines) is 1. The lowest BCUT2D eigenvalue weighted by Crippen LogP contribution is -2.38. The number of carbonyl (C=O) groups is 2. The van der Waals surface area contributed by atoms with Gasteiger partial charge in [0.1, 0.15) is 0 Å². The van der Waals surface area contributed by atoms with E-state index < -0.39 is 6.03 Å². The first-order valence-electron chi connectivity index (χ1n) is 9.07. The van der Waals surface area contributed by atoms with Gasteiger partial charge in [-0.15, -0.1) is 0 Å². The number of primary amides is 1. The normalized spacial score (nSPS) is 31.0. The molecule has 134 valence electrons. The van der Waals surface area contributed by atoms with E-state index in [0.717, 1.165) is 37.1 Å². The molecule has 0 radical (unpaired) electrons. The molecule has 4 rings (SSSR count). The Morgan fingerprint density at radius 3 is 2.48 bits per heavy atom. The Labute approximate surface area is 147 Å². The van der Waals surface area contributed by atoms with Crippen LogP contribution in [0, 0.1) is 18.8 Å². The molecule has 0 spiro atoms. The van der Waals surface area contributed by atoms with E-state index >= 15 is 0 Å². The Kier molecular flexibility index (Phi) is 4.15. The second kappa shape index (κ2) is 6.33. The predicted molar refractivity (Wildman–Crippen MR) is 92.7 cm³/mol. The van der Waals surface area contributed by atoms with Gasteiger partial charge in [0.25, 0.3) is 0 Å². The van der Waals surface area contributed by atoms with Crippen molar-refractivity contribution in [3.63, 3.8) is 0 Å². The van der Waals surface area contributed by atoms with Gasteiger partial charge in [-0.3, -0.25) is 4.79 Å². The minimum atomic E-state index is -0.606. The van der Waals surface area contributed by atoms with Crippen molar-refractivity contribution in [3.8, 4) is 0 Å². The minimum Gasteiger partial charge on any atom is -0.374 e. The third kappa shape index (κ3) is 2.99. The second-order valence-corrected chi connectivity index (χ2v) is 7.54. The van der Waals surface area contributed by atoms with Gasteiger partial charge in [0.2, 0.25) is 5.91 Å². The third-order valence-electron chi connectivity index (χ3n) is 6.06. The first-order chi connectivity index (χ1) is 12.0. The monoisotopic (exact) mass is 343 g/mol. The van der Waals surface area contributed by atoms with E-state index in [4.69, 9.17) is 10.5 Å². The highest BCUT2D eigenvalue weighted by Gasteiger charge is 2.53. The molecule has 0 aliphatic carbocycles. The molecular weight excluding hydrogens is 318 g/mol. The average Bonchev–Trinajstić information content (AvgIpc) is 3.27. The van der Waals surface area contributed by atoms with Crippen LogP contribution in [-0.4, -0.2) is 42.1 Å². The van der Waals surface area contributed by atoms with Crippen LogP contribution in [0.25, 0.3) is 0 Å². The average molecular weight is 343 g/mol. The Bertz CT molecular complexity index is 674. The van der Waals surface area contributed by atoms with Crippen molar-refractivity contribution in [2.45, 2.75) is 44.4 Å². The first-order valence-corrected chi connectivity index (χ1v) is 9.07. The van der Waals surface area contributed by atoms with E-state index in [0.29, 0.717) is 24.0 Å².